The normalized spacial score (nSPS) is 15.2. The number of nitrogens with one attached hydrogen (secondary N) is 2. The molecule has 1 saturated heterocycles. The number of benzene rings is 2. The molecule has 3 rings (SSSR count). The van der Waals surface area contributed by atoms with Crippen molar-refractivity contribution >= 4 is 33.2 Å². The summed E-state index contributed by atoms with van der Waals surface area (Å²) in [6.07, 6.45) is 0.582. The number of hydrogen-bond acceptors (Lipinski definition) is 6. The Balaban J connectivity index is 1.69. The molecule has 0 radical (unpaired) electrons. The quantitative estimate of drug-likeness (QED) is 0.454. The molecule has 2 N–H and O–H groups in total. The summed E-state index contributed by atoms with van der Waals surface area (Å²) in [7, 11) is -3.94. The molecule has 11 heteroatoms. The molecule has 1 fully saturated rings. The van der Waals surface area contributed by atoms with Gasteiger partial charge in [-0.15, -0.1) is 0 Å². The van der Waals surface area contributed by atoms with E-state index in [0.29, 0.717) is 29.7 Å². The molecule has 2 aromatic carbocycles. The van der Waals surface area contributed by atoms with E-state index in [1.807, 2.05) is 13.8 Å². The van der Waals surface area contributed by atoms with Gasteiger partial charge in [0.05, 0.1) is 21.1 Å². The molecule has 0 bridgehead atoms. The average molecular weight is 489 g/mol. The first-order valence-corrected chi connectivity index (χ1v) is 12.4. The Morgan fingerprint density at radius 3 is 2.38 bits per heavy atom. The van der Waals surface area contributed by atoms with Gasteiger partial charge in [0, 0.05) is 37.2 Å². The van der Waals surface area contributed by atoms with Crippen molar-refractivity contribution in [1.29, 1.82) is 0 Å². The van der Waals surface area contributed by atoms with Gasteiger partial charge in [0.15, 0.2) is 0 Å². The second-order valence-electron chi connectivity index (χ2n) is 8.55. The molecule has 2 aromatic rings. The highest BCUT2D eigenvalue weighted by Gasteiger charge is 2.34. The van der Waals surface area contributed by atoms with Crippen LogP contribution >= 0.6 is 0 Å². The van der Waals surface area contributed by atoms with Crippen molar-refractivity contribution in [3.05, 3.63) is 63.7 Å². The van der Waals surface area contributed by atoms with E-state index < -0.39 is 20.9 Å². The highest BCUT2D eigenvalue weighted by molar-refractivity contribution is 7.89. The van der Waals surface area contributed by atoms with Crippen LogP contribution in [0.3, 0.4) is 0 Å². The first kappa shape index (κ1) is 25.3. The van der Waals surface area contributed by atoms with Crippen molar-refractivity contribution in [2.45, 2.75) is 44.6 Å². The second kappa shape index (κ2) is 10.3. The van der Waals surface area contributed by atoms with Crippen LogP contribution in [-0.4, -0.2) is 48.6 Å². The molecule has 2 amide bonds. The summed E-state index contributed by atoms with van der Waals surface area (Å²) < 4.78 is 27.5. The van der Waals surface area contributed by atoms with Crippen LogP contribution in [0.25, 0.3) is 0 Å². The van der Waals surface area contributed by atoms with E-state index in [0.717, 1.165) is 6.07 Å². The highest BCUT2D eigenvalue weighted by atomic mass is 32.2. The molecule has 1 heterocycles. The number of nitro benzene ring substituents is 1. The molecule has 1 aliphatic rings. The summed E-state index contributed by atoms with van der Waals surface area (Å²) in [6.45, 7) is 5.49. The van der Waals surface area contributed by atoms with Gasteiger partial charge in [0.2, 0.25) is 15.9 Å². The van der Waals surface area contributed by atoms with E-state index in [9.17, 15) is 28.1 Å². The molecule has 0 saturated carbocycles. The molecule has 0 unspecified atom stereocenters. The molecule has 0 aromatic heterocycles. The summed E-state index contributed by atoms with van der Waals surface area (Å²) in [5, 5.41) is 16.7. The lowest BCUT2D eigenvalue weighted by Gasteiger charge is -2.31. The van der Waals surface area contributed by atoms with E-state index in [1.165, 1.54) is 16.4 Å². The highest BCUT2D eigenvalue weighted by Crippen LogP contribution is 2.29. The SMILES string of the molecule is Cc1ccc([N+](=O)[O-])cc1S(=O)(=O)N1CCC(C(=O)Nc2ccccc2C(=O)NC(C)C)CC1. The minimum Gasteiger partial charge on any atom is -0.350 e. The summed E-state index contributed by atoms with van der Waals surface area (Å²) in [5.74, 6) is -1.01. The lowest BCUT2D eigenvalue weighted by molar-refractivity contribution is -0.385. The third-order valence-corrected chi connectivity index (χ3v) is 7.72. The molecular weight excluding hydrogens is 460 g/mol. The number of hydrogen-bond donors (Lipinski definition) is 2. The number of sulfonamides is 1. The smallest absolute Gasteiger partial charge is 0.270 e. The van der Waals surface area contributed by atoms with Gasteiger partial charge in [-0.25, -0.2) is 8.42 Å². The van der Waals surface area contributed by atoms with Gasteiger partial charge in [-0.1, -0.05) is 18.2 Å². The Labute approximate surface area is 198 Å². The number of nitro groups is 1. The van der Waals surface area contributed by atoms with Crippen molar-refractivity contribution in [3.63, 3.8) is 0 Å². The van der Waals surface area contributed by atoms with Crippen LogP contribution in [-0.2, 0) is 14.8 Å². The topological polar surface area (TPSA) is 139 Å². The predicted octanol–water partition coefficient (Wildman–Crippen LogP) is 3.08. The van der Waals surface area contributed by atoms with Crippen molar-refractivity contribution in [2.75, 3.05) is 18.4 Å². The monoisotopic (exact) mass is 488 g/mol. The van der Waals surface area contributed by atoms with Crippen LogP contribution in [0.5, 0.6) is 0 Å². The summed E-state index contributed by atoms with van der Waals surface area (Å²) in [4.78, 5) is 35.7. The average Bonchev–Trinajstić information content (AvgIpc) is 2.79. The summed E-state index contributed by atoms with van der Waals surface area (Å²) in [6, 6.07) is 10.4. The minimum atomic E-state index is -3.94. The fourth-order valence-corrected chi connectivity index (χ4v) is 5.56. The molecule has 0 aliphatic carbocycles. The number of carbonyl (C=O) groups excluding carboxylic acids is 2. The molecule has 1 aliphatic heterocycles. The third kappa shape index (κ3) is 5.60. The number of amides is 2. The van der Waals surface area contributed by atoms with Crippen LogP contribution in [0.4, 0.5) is 11.4 Å². The number of nitrogens with zero attached hydrogens (tertiary/aromatic N) is 2. The maximum Gasteiger partial charge on any atom is 0.270 e. The summed E-state index contributed by atoms with van der Waals surface area (Å²) in [5.41, 5.74) is 0.874. The Morgan fingerprint density at radius 1 is 1.12 bits per heavy atom. The zero-order valence-electron chi connectivity index (χ0n) is 19.3. The first-order valence-electron chi connectivity index (χ1n) is 11.0. The fourth-order valence-electron chi connectivity index (χ4n) is 3.84. The van der Waals surface area contributed by atoms with Crippen molar-refractivity contribution < 1.29 is 22.9 Å². The van der Waals surface area contributed by atoms with Gasteiger partial charge < -0.3 is 10.6 Å². The Morgan fingerprint density at radius 2 is 1.76 bits per heavy atom. The van der Waals surface area contributed by atoms with E-state index in [2.05, 4.69) is 10.6 Å². The van der Waals surface area contributed by atoms with E-state index in [-0.39, 0.29) is 41.5 Å². The maximum atomic E-state index is 13.1. The standard InChI is InChI=1S/C23H28N4O6S/c1-15(2)24-23(29)19-6-4-5-7-20(19)25-22(28)17-10-12-26(13-11-17)34(32,33)21-14-18(27(30)31)9-8-16(21)3/h4-9,14-15,17H,10-13H2,1-3H3,(H,24,29)(H,25,28). The zero-order chi connectivity index (χ0) is 25.0. The Kier molecular flexibility index (Phi) is 7.68. The Bertz CT molecular complexity index is 1200. The third-order valence-electron chi connectivity index (χ3n) is 5.67. The number of carbonyl (C=O) groups is 2. The van der Waals surface area contributed by atoms with Gasteiger partial charge in [0.1, 0.15) is 0 Å². The molecular formula is C23H28N4O6S. The fraction of sp³-hybridized carbons (Fsp3) is 0.391. The first-order chi connectivity index (χ1) is 16.0. The molecule has 10 nitrogen and oxygen atoms in total. The Hall–Kier alpha value is -3.31. The summed E-state index contributed by atoms with van der Waals surface area (Å²) >= 11 is 0. The van der Waals surface area contributed by atoms with Crippen LogP contribution < -0.4 is 10.6 Å². The number of rotatable bonds is 7. The van der Waals surface area contributed by atoms with E-state index in [1.54, 1.807) is 31.2 Å². The lowest BCUT2D eigenvalue weighted by atomic mass is 9.97. The van der Waals surface area contributed by atoms with Crippen molar-refractivity contribution in [3.8, 4) is 0 Å². The van der Waals surface area contributed by atoms with Crippen LogP contribution in [0, 0.1) is 23.0 Å². The van der Waals surface area contributed by atoms with Gasteiger partial charge in [-0.05, 0) is 51.3 Å². The minimum absolute atomic E-state index is 0.0581. The predicted molar refractivity (Wildman–Crippen MR) is 127 cm³/mol. The second-order valence-corrected chi connectivity index (χ2v) is 10.5. The molecule has 0 spiro atoms. The van der Waals surface area contributed by atoms with Crippen LogP contribution in [0.2, 0.25) is 0 Å². The van der Waals surface area contributed by atoms with Gasteiger partial charge in [-0.3, -0.25) is 19.7 Å². The van der Waals surface area contributed by atoms with Gasteiger partial charge in [0.25, 0.3) is 11.6 Å². The maximum absolute atomic E-state index is 13.1. The number of piperidine rings is 1. The largest absolute Gasteiger partial charge is 0.350 e. The number of anilines is 1. The molecule has 34 heavy (non-hydrogen) atoms. The van der Waals surface area contributed by atoms with E-state index in [4.69, 9.17) is 0 Å². The zero-order valence-corrected chi connectivity index (χ0v) is 20.1. The number of aryl methyl sites for hydroxylation is 1. The van der Waals surface area contributed by atoms with Crippen LogP contribution in [0.15, 0.2) is 47.4 Å². The van der Waals surface area contributed by atoms with E-state index >= 15 is 0 Å². The van der Waals surface area contributed by atoms with Crippen molar-refractivity contribution in [1.82, 2.24) is 9.62 Å². The lowest BCUT2D eigenvalue weighted by Crippen LogP contribution is -2.41. The van der Waals surface area contributed by atoms with Crippen molar-refractivity contribution in [2.24, 2.45) is 5.92 Å². The van der Waals surface area contributed by atoms with Gasteiger partial charge in [-0.2, -0.15) is 4.31 Å². The number of para-hydroxylation sites is 1. The molecule has 182 valence electrons. The molecule has 0 atom stereocenters. The van der Waals surface area contributed by atoms with Crippen LogP contribution in [0.1, 0.15) is 42.6 Å². The number of non-ortho nitro benzene ring substituents is 1. The van der Waals surface area contributed by atoms with Gasteiger partial charge >= 0.3 is 0 Å².